The zero-order valence-corrected chi connectivity index (χ0v) is 41.6. The molecule has 0 radical (unpaired) electrons. The molecule has 69 heavy (non-hydrogen) atoms. The van der Waals surface area contributed by atoms with Gasteiger partial charge in [-0.1, -0.05) is 105 Å². The van der Waals surface area contributed by atoms with Gasteiger partial charge in [-0.05, 0) is 49.9 Å². The number of hydrogen-bond donors (Lipinski definition) is 1. The molecule has 9 rings (SSSR count). The van der Waals surface area contributed by atoms with Crippen molar-refractivity contribution in [2.45, 2.75) is 154 Å². The fraction of sp³-hybridized carbons (Fsp3) is 0.571. The summed E-state index contributed by atoms with van der Waals surface area (Å²) in [4.78, 5) is 0. The van der Waals surface area contributed by atoms with Gasteiger partial charge in [-0.3, -0.25) is 0 Å². The molecule has 4 aromatic carbocycles. The maximum Gasteiger partial charge on any atom is 0.231 e. The first-order valence-electron chi connectivity index (χ1n) is 25.7. The van der Waals surface area contributed by atoms with Crippen LogP contribution in [0.4, 0.5) is 0 Å². The third-order valence-corrected chi connectivity index (χ3v) is 14.6. The predicted octanol–water partition coefficient (Wildman–Crippen LogP) is 13.4. The molecule has 0 fully saturated rings. The second kappa shape index (κ2) is 22.6. The van der Waals surface area contributed by atoms with Crippen molar-refractivity contribution in [2.24, 2.45) is 0 Å². The van der Waals surface area contributed by atoms with Gasteiger partial charge in [0.05, 0.1) is 0 Å². The van der Waals surface area contributed by atoms with Gasteiger partial charge in [0.25, 0.3) is 0 Å². The second-order valence-electron chi connectivity index (χ2n) is 19.0. The van der Waals surface area contributed by atoms with E-state index < -0.39 is 0 Å². The fourth-order valence-electron chi connectivity index (χ4n) is 11.2. The molecule has 0 saturated carbocycles. The Labute approximate surface area is 407 Å². The third-order valence-electron chi connectivity index (χ3n) is 14.6. The van der Waals surface area contributed by atoms with E-state index in [0.29, 0.717) is 57.5 Å². The maximum absolute atomic E-state index is 12.7. The number of ether oxygens (including phenoxy) is 12. The summed E-state index contributed by atoms with van der Waals surface area (Å²) in [5.74, 6) is 4.03. The van der Waals surface area contributed by atoms with Gasteiger partial charge in [-0.25, -0.2) is 0 Å². The molecule has 1 N–H and O–H groups in total. The Morgan fingerprint density at radius 1 is 0.391 bits per heavy atom. The highest BCUT2D eigenvalue weighted by molar-refractivity contribution is 5.71. The van der Waals surface area contributed by atoms with E-state index in [1.54, 1.807) is 14.2 Å². The molecule has 4 heterocycles. The van der Waals surface area contributed by atoms with E-state index in [4.69, 9.17) is 56.8 Å². The molecule has 0 saturated heterocycles. The van der Waals surface area contributed by atoms with Crippen LogP contribution in [0.25, 0.3) is 0 Å². The highest BCUT2D eigenvalue weighted by Crippen LogP contribution is 2.61. The van der Waals surface area contributed by atoms with Crippen LogP contribution in [0.15, 0.2) is 30.3 Å². The number of benzene rings is 4. The van der Waals surface area contributed by atoms with Gasteiger partial charge in [0.2, 0.25) is 44.4 Å². The third kappa shape index (κ3) is 9.62. The highest BCUT2D eigenvalue weighted by atomic mass is 16.7. The number of aromatic hydroxyl groups is 1. The number of phenolic OH excluding ortho intramolecular Hbond substituents is 1. The molecule has 5 aliphatic rings. The van der Waals surface area contributed by atoms with Crippen LogP contribution in [-0.4, -0.2) is 60.1 Å². The van der Waals surface area contributed by atoms with Crippen LogP contribution in [0.2, 0.25) is 0 Å². The first kappa shape index (κ1) is 48.6. The quantitative estimate of drug-likeness (QED) is 0.0593. The molecular weight excluding hydrogens is 881 g/mol. The van der Waals surface area contributed by atoms with Gasteiger partial charge in [-0.2, -0.15) is 0 Å². The smallest absolute Gasteiger partial charge is 0.231 e. The zero-order chi connectivity index (χ0) is 47.9. The largest absolute Gasteiger partial charge is 0.502 e. The number of hydrogen-bond acceptors (Lipinski definition) is 13. The molecule has 0 spiro atoms. The monoisotopic (exact) mass is 952 g/mol. The summed E-state index contributed by atoms with van der Waals surface area (Å²) in [5, 5.41) is 12.7. The summed E-state index contributed by atoms with van der Waals surface area (Å²) in [6.07, 6.45) is 15.2. The van der Waals surface area contributed by atoms with Crippen molar-refractivity contribution in [1.29, 1.82) is 0 Å². The molecule has 4 aliphatic heterocycles. The average Bonchev–Trinajstić information content (AvgIpc) is 3.33. The van der Waals surface area contributed by atoms with Crippen molar-refractivity contribution >= 4 is 0 Å². The Kier molecular flexibility index (Phi) is 15.9. The summed E-state index contributed by atoms with van der Waals surface area (Å²) in [6.45, 7) is 8.21. The summed E-state index contributed by atoms with van der Waals surface area (Å²) in [6, 6.07) is 11.2. The Morgan fingerprint density at radius 3 is 1.01 bits per heavy atom. The molecule has 0 amide bonds. The lowest BCUT2D eigenvalue weighted by Crippen LogP contribution is -2.23. The molecular formula is C56H72O13. The number of unbranched alkanes of at least 4 members (excludes halogenated alkanes) is 8. The Hall–Kier alpha value is -5.40. The SMILES string of the molecule is CCCCCC1c2cc3c4cc2OCOc2c1cc1c(c2OCOC)OCOc2c(cc5c(c2O)OCOc2c(cc(c(c2OCOC)OCO4)C3CCCCC)C5CCCCC)C1CCCCC. The minimum absolute atomic E-state index is 0.0382. The van der Waals surface area contributed by atoms with E-state index in [-0.39, 0.29) is 70.2 Å². The molecule has 13 nitrogen and oxygen atoms in total. The van der Waals surface area contributed by atoms with E-state index >= 15 is 0 Å². The fourth-order valence-corrected chi connectivity index (χ4v) is 11.2. The Balaban J connectivity index is 1.45. The van der Waals surface area contributed by atoms with Crippen LogP contribution in [0, 0.1) is 0 Å². The van der Waals surface area contributed by atoms with Gasteiger partial charge < -0.3 is 61.9 Å². The molecule has 4 aromatic rings. The topological polar surface area (TPSA) is 131 Å². The van der Waals surface area contributed by atoms with E-state index in [0.717, 1.165) is 147 Å². The summed E-state index contributed by atoms with van der Waals surface area (Å²) in [7, 11) is 3.22. The number of methoxy groups -OCH3 is 2. The van der Waals surface area contributed by atoms with Gasteiger partial charge >= 0.3 is 0 Å². The van der Waals surface area contributed by atoms with Crippen molar-refractivity contribution < 1.29 is 61.9 Å². The Morgan fingerprint density at radius 2 is 0.681 bits per heavy atom. The molecule has 0 aromatic heterocycles. The van der Waals surface area contributed by atoms with Gasteiger partial charge in [-0.15, -0.1) is 0 Å². The van der Waals surface area contributed by atoms with Crippen LogP contribution >= 0.6 is 0 Å². The first-order valence-corrected chi connectivity index (χ1v) is 25.7. The summed E-state index contributed by atoms with van der Waals surface area (Å²) in [5.41, 5.74) is 7.64. The minimum atomic E-state index is -0.303. The molecule has 374 valence electrons. The normalized spacial score (nSPS) is 19.0. The van der Waals surface area contributed by atoms with Crippen molar-refractivity contribution in [3.8, 4) is 63.2 Å². The second-order valence-corrected chi connectivity index (χ2v) is 19.0. The molecule has 4 unspecified atom stereocenters. The van der Waals surface area contributed by atoms with Crippen LogP contribution in [0.3, 0.4) is 0 Å². The van der Waals surface area contributed by atoms with Crippen molar-refractivity contribution in [3.63, 3.8) is 0 Å². The van der Waals surface area contributed by atoms with E-state index in [9.17, 15) is 5.11 Å². The van der Waals surface area contributed by atoms with Gasteiger partial charge in [0.1, 0.15) is 11.5 Å². The van der Waals surface area contributed by atoms with Crippen LogP contribution in [0.5, 0.6) is 63.2 Å². The minimum Gasteiger partial charge on any atom is -0.502 e. The van der Waals surface area contributed by atoms with Crippen LogP contribution in [-0.2, 0) is 9.47 Å². The Bertz CT molecular complexity index is 2260. The average molecular weight is 953 g/mol. The highest BCUT2D eigenvalue weighted by Gasteiger charge is 2.41. The lowest BCUT2D eigenvalue weighted by molar-refractivity contribution is 0.0358. The summed E-state index contributed by atoms with van der Waals surface area (Å²) >= 11 is 0. The van der Waals surface area contributed by atoms with Crippen LogP contribution in [0.1, 0.15) is 199 Å². The predicted molar refractivity (Wildman–Crippen MR) is 261 cm³/mol. The molecule has 13 heteroatoms. The van der Waals surface area contributed by atoms with Crippen molar-refractivity contribution in [1.82, 2.24) is 0 Å². The van der Waals surface area contributed by atoms with Gasteiger partial charge in [0.15, 0.2) is 48.1 Å². The van der Waals surface area contributed by atoms with E-state index in [1.165, 1.54) is 0 Å². The number of rotatable bonds is 22. The van der Waals surface area contributed by atoms with Crippen LogP contribution < -0.4 is 47.4 Å². The standard InChI is InChI=1S/C56H72O13/c1-7-11-15-19-34-38-23-39-35(20-16-12-8-2)43-26-45-37(22-18-14-10-4)41-24-40-36(21-17-13-9-3)44-25-42(34)51-55(62-28-58-5)53(44)68-32-64-49(40)48(57)50(41)65-33-69-54(45)56(63-29-59-6)52(43)67-31-61-47(39)27-46(38)60-30-66-51/h23-27,34-37,57H,7-22,28-33H2,1-6H3. The summed E-state index contributed by atoms with van der Waals surface area (Å²) < 4.78 is 77.8. The van der Waals surface area contributed by atoms with Crippen molar-refractivity contribution in [2.75, 3.05) is 55.0 Å². The van der Waals surface area contributed by atoms with Gasteiger partial charge in [0, 0.05) is 88.5 Å². The lowest BCUT2D eigenvalue weighted by atomic mass is 9.75. The lowest BCUT2D eigenvalue weighted by Gasteiger charge is -2.36. The zero-order valence-electron chi connectivity index (χ0n) is 41.6. The molecule has 1 aliphatic carbocycles. The van der Waals surface area contributed by atoms with E-state index in [1.807, 2.05) is 0 Å². The maximum atomic E-state index is 12.7. The molecule has 4 atom stereocenters. The van der Waals surface area contributed by atoms with E-state index in [2.05, 4.69) is 58.0 Å². The number of phenols is 1. The first-order chi connectivity index (χ1) is 34.0. The molecule has 8 bridgehead atoms. The van der Waals surface area contributed by atoms with Crippen molar-refractivity contribution in [3.05, 3.63) is 74.8 Å².